The molecule has 0 unspecified atom stereocenters. The number of sulfonamides is 1. The van der Waals surface area contributed by atoms with Gasteiger partial charge in [0.25, 0.3) is 10.0 Å². The van der Waals surface area contributed by atoms with Crippen LogP contribution in [0.1, 0.15) is 31.1 Å². The number of hydrogen-bond donors (Lipinski definition) is 2. The maximum absolute atomic E-state index is 13.2. The van der Waals surface area contributed by atoms with E-state index in [-0.39, 0.29) is 28.4 Å². The van der Waals surface area contributed by atoms with Gasteiger partial charge in [-0.05, 0) is 18.2 Å². The lowest BCUT2D eigenvalue weighted by molar-refractivity contribution is 0.0596. The van der Waals surface area contributed by atoms with Crippen LogP contribution in [0.25, 0.3) is 0 Å². The van der Waals surface area contributed by atoms with Crippen molar-refractivity contribution in [2.45, 2.75) is 4.90 Å². The summed E-state index contributed by atoms with van der Waals surface area (Å²) in [5.74, 6) is -3.67. The molecule has 12 nitrogen and oxygen atoms in total. The third-order valence-corrected chi connectivity index (χ3v) is 5.69. The van der Waals surface area contributed by atoms with Crippen molar-refractivity contribution in [2.24, 2.45) is 0 Å². The van der Waals surface area contributed by atoms with Crippen LogP contribution in [0.5, 0.6) is 17.2 Å². The summed E-state index contributed by atoms with van der Waals surface area (Å²) in [5.41, 5.74) is -1.48. The highest BCUT2D eigenvalue weighted by atomic mass is 32.2. The lowest BCUT2D eigenvalue weighted by atomic mass is 10.1. The number of ether oxygens (including phenoxy) is 5. The van der Waals surface area contributed by atoms with Gasteiger partial charge in [-0.1, -0.05) is 0 Å². The summed E-state index contributed by atoms with van der Waals surface area (Å²) in [4.78, 5) is 35.3. The van der Waals surface area contributed by atoms with Gasteiger partial charge in [0, 0.05) is 6.07 Å². The van der Waals surface area contributed by atoms with Crippen LogP contribution >= 0.6 is 0 Å². The predicted octanol–water partition coefficient (Wildman–Crippen LogP) is 1.78. The van der Waals surface area contributed by atoms with Gasteiger partial charge in [0.15, 0.2) is 11.5 Å². The molecule has 178 valence electrons. The third kappa shape index (κ3) is 5.09. The van der Waals surface area contributed by atoms with Crippen LogP contribution in [-0.4, -0.2) is 67.0 Å². The predicted molar refractivity (Wildman–Crippen MR) is 113 cm³/mol. The Morgan fingerprint density at radius 2 is 1.30 bits per heavy atom. The van der Waals surface area contributed by atoms with Crippen molar-refractivity contribution in [3.05, 3.63) is 41.0 Å². The Morgan fingerprint density at radius 1 is 0.788 bits per heavy atom. The Balaban J connectivity index is 2.77. The van der Waals surface area contributed by atoms with Gasteiger partial charge < -0.3 is 28.8 Å². The number of esters is 2. The smallest absolute Gasteiger partial charge is 0.338 e. The average molecular weight is 483 g/mol. The first-order chi connectivity index (χ1) is 15.5. The Labute approximate surface area is 189 Å². The molecule has 33 heavy (non-hydrogen) atoms. The molecule has 0 aliphatic rings. The summed E-state index contributed by atoms with van der Waals surface area (Å²) < 4.78 is 53.2. The zero-order chi connectivity index (χ0) is 24.9. The quantitative estimate of drug-likeness (QED) is 0.500. The summed E-state index contributed by atoms with van der Waals surface area (Å²) in [6.45, 7) is 0. The number of nitrogens with one attached hydrogen (secondary N) is 1. The number of hydrogen-bond acceptors (Lipinski definition) is 10. The molecule has 0 aliphatic heterocycles. The van der Waals surface area contributed by atoms with Crippen molar-refractivity contribution < 1.29 is 51.6 Å². The van der Waals surface area contributed by atoms with Crippen molar-refractivity contribution in [1.29, 1.82) is 0 Å². The van der Waals surface area contributed by atoms with E-state index in [2.05, 4.69) is 14.2 Å². The van der Waals surface area contributed by atoms with Gasteiger partial charge in [0.1, 0.15) is 5.69 Å². The number of rotatable bonds is 9. The molecule has 0 radical (unpaired) electrons. The number of aromatic carboxylic acids is 1. The Hall–Kier alpha value is -4.00. The van der Waals surface area contributed by atoms with E-state index < -0.39 is 44.1 Å². The first-order valence-electron chi connectivity index (χ1n) is 8.95. The second-order valence-electron chi connectivity index (χ2n) is 6.21. The first kappa shape index (κ1) is 25.3. The molecule has 2 aromatic carbocycles. The van der Waals surface area contributed by atoms with E-state index in [9.17, 15) is 27.9 Å². The summed E-state index contributed by atoms with van der Waals surface area (Å²) in [7, 11) is 1.26. The molecule has 0 atom stereocenters. The molecule has 0 spiro atoms. The molecule has 0 fully saturated rings. The van der Waals surface area contributed by atoms with Crippen molar-refractivity contribution in [3.63, 3.8) is 0 Å². The van der Waals surface area contributed by atoms with E-state index in [0.29, 0.717) is 0 Å². The highest BCUT2D eigenvalue weighted by molar-refractivity contribution is 7.92. The van der Waals surface area contributed by atoms with Gasteiger partial charge in [0.2, 0.25) is 5.75 Å². The van der Waals surface area contributed by atoms with Gasteiger partial charge in [0.05, 0.1) is 57.1 Å². The molecular formula is C20H21NO11S. The first-order valence-corrected chi connectivity index (χ1v) is 10.4. The Bertz CT molecular complexity index is 1170. The number of carbonyl (C=O) groups is 3. The molecule has 0 bridgehead atoms. The molecule has 0 saturated carbocycles. The molecule has 2 aromatic rings. The third-order valence-electron chi connectivity index (χ3n) is 4.36. The zero-order valence-corrected chi connectivity index (χ0v) is 19.1. The maximum Gasteiger partial charge on any atom is 0.338 e. The van der Waals surface area contributed by atoms with Crippen LogP contribution in [0.15, 0.2) is 29.2 Å². The molecule has 2 N–H and O–H groups in total. The van der Waals surface area contributed by atoms with Crippen LogP contribution in [0.4, 0.5) is 5.69 Å². The standard InChI is InChI=1S/C20H21NO11S/c1-28-14-9-13(18(22)23)15(17(30-3)16(14)29-2)21-33(26,27)12-7-10(19(24)31-4)6-11(8-12)20(25)32-5/h6-9,21H,1-5H3,(H,22,23). The number of benzene rings is 2. The molecule has 0 amide bonds. The molecular weight excluding hydrogens is 462 g/mol. The van der Waals surface area contributed by atoms with Crippen molar-refractivity contribution in [3.8, 4) is 17.2 Å². The van der Waals surface area contributed by atoms with Crippen LogP contribution < -0.4 is 18.9 Å². The monoisotopic (exact) mass is 483 g/mol. The normalized spacial score (nSPS) is 10.7. The Morgan fingerprint density at radius 3 is 1.70 bits per heavy atom. The summed E-state index contributed by atoms with van der Waals surface area (Å²) in [6.07, 6.45) is 0. The molecule has 0 aromatic heterocycles. The van der Waals surface area contributed by atoms with Gasteiger partial charge in [-0.3, -0.25) is 4.72 Å². The minimum absolute atomic E-state index is 0.0182. The minimum atomic E-state index is -4.58. The van der Waals surface area contributed by atoms with E-state index in [1.807, 2.05) is 0 Å². The van der Waals surface area contributed by atoms with Crippen LogP contribution in [0.2, 0.25) is 0 Å². The van der Waals surface area contributed by atoms with Crippen molar-refractivity contribution in [2.75, 3.05) is 40.3 Å². The lowest BCUT2D eigenvalue weighted by Gasteiger charge is -2.19. The number of carboxylic acid groups (broad SMARTS) is 1. The van der Waals surface area contributed by atoms with Gasteiger partial charge >= 0.3 is 17.9 Å². The number of methoxy groups -OCH3 is 5. The van der Waals surface area contributed by atoms with Crippen LogP contribution in [-0.2, 0) is 19.5 Å². The highest BCUT2D eigenvalue weighted by Gasteiger charge is 2.29. The van der Waals surface area contributed by atoms with Crippen LogP contribution in [0, 0.1) is 0 Å². The van der Waals surface area contributed by atoms with Gasteiger partial charge in [-0.15, -0.1) is 0 Å². The maximum atomic E-state index is 13.2. The van der Waals surface area contributed by atoms with Crippen molar-refractivity contribution >= 4 is 33.6 Å². The van der Waals surface area contributed by atoms with Crippen molar-refractivity contribution in [1.82, 2.24) is 0 Å². The second kappa shape index (κ2) is 10.1. The fourth-order valence-corrected chi connectivity index (χ4v) is 4.00. The summed E-state index contributed by atoms with van der Waals surface area (Å²) >= 11 is 0. The highest BCUT2D eigenvalue weighted by Crippen LogP contribution is 2.46. The van der Waals surface area contributed by atoms with E-state index in [1.54, 1.807) is 0 Å². The largest absolute Gasteiger partial charge is 0.493 e. The van der Waals surface area contributed by atoms with E-state index >= 15 is 0 Å². The second-order valence-corrected chi connectivity index (χ2v) is 7.89. The number of anilines is 1. The molecule has 13 heteroatoms. The summed E-state index contributed by atoms with van der Waals surface area (Å²) in [5, 5.41) is 9.63. The van der Waals surface area contributed by atoms with Gasteiger partial charge in [-0.25, -0.2) is 22.8 Å². The minimum Gasteiger partial charge on any atom is -0.493 e. The van der Waals surface area contributed by atoms with E-state index in [0.717, 1.165) is 38.5 Å². The average Bonchev–Trinajstić information content (AvgIpc) is 2.81. The topological polar surface area (TPSA) is 164 Å². The molecule has 0 aliphatic carbocycles. The lowest BCUT2D eigenvalue weighted by Crippen LogP contribution is -2.19. The molecule has 0 saturated heterocycles. The van der Waals surface area contributed by atoms with Crippen LogP contribution in [0.3, 0.4) is 0 Å². The summed E-state index contributed by atoms with van der Waals surface area (Å²) in [6, 6.07) is 4.05. The van der Waals surface area contributed by atoms with E-state index in [4.69, 9.17) is 14.2 Å². The SMILES string of the molecule is COC(=O)c1cc(C(=O)OC)cc(S(=O)(=O)Nc2c(C(=O)O)cc(OC)c(OC)c2OC)c1. The molecule has 0 heterocycles. The number of carboxylic acids is 1. The zero-order valence-electron chi connectivity index (χ0n) is 18.2. The number of carbonyl (C=O) groups excluding carboxylic acids is 2. The Kier molecular flexibility index (Phi) is 7.72. The fraction of sp³-hybridized carbons (Fsp3) is 0.250. The fourth-order valence-electron chi connectivity index (χ4n) is 2.85. The van der Waals surface area contributed by atoms with E-state index in [1.165, 1.54) is 21.3 Å². The van der Waals surface area contributed by atoms with Gasteiger partial charge in [-0.2, -0.15) is 0 Å². The molecule has 2 rings (SSSR count).